The maximum Gasteiger partial charge on any atom is 0.261 e. The highest BCUT2D eigenvalue weighted by molar-refractivity contribution is 9.13. The van der Waals surface area contributed by atoms with Gasteiger partial charge in [-0.05, 0) is 58.3 Å². The topological polar surface area (TPSA) is 32.3 Å². The van der Waals surface area contributed by atoms with Crippen LogP contribution in [0.2, 0.25) is 0 Å². The van der Waals surface area contributed by atoms with Gasteiger partial charge in [-0.2, -0.15) is 0 Å². The number of halogens is 2. The summed E-state index contributed by atoms with van der Waals surface area (Å²) >= 11 is 8.20. The fraction of sp³-hybridized carbons (Fsp3) is 0.583. The highest BCUT2D eigenvalue weighted by Crippen LogP contribution is 2.32. The summed E-state index contributed by atoms with van der Waals surface area (Å²) in [5.74, 6) is -0.0102. The Morgan fingerprint density at radius 3 is 2.72 bits per heavy atom. The lowest BCUT2D eigenvalue weighted by Gasteiger charge is -2.23. The molecule has 0 saturated heterocycles. The summed E-state index contributed by atoms with van der Waals surface area (Å²) in [6, 6.07) is 2.38. The molecular weight excluding hydrogens is 380 g/mol. The van der Waals surface area contributed by atoms with Gasteiger partial charge >= 0.3 is 0 Å². The summed E-state index contributed by atoms with van der Waals surface area (Å²) in [5.41, 5.74) is 0. The van der Waals surface area contributed by atoms with Gasteiger partial charge in [-0.15, -0.1) is 11.3 Å². The number of likely N-dealkylation sites (N-methyl/N-ethyl adjacent to an activating group) is 1. The lowest BCUT2D eigenvalue weighted by atomic mass is 10.2. The number of carbonyl (C=O) groups excluding carboxylic acids is 1. The molecule has 0 spiro atoms. The summed E-state index contributed by atoms with van der Waals surface area (Å²) in [6.45, 7) is 5.90. The summed E-state index contributed by atoms with van der Waals surface area (Å²) < 4.78 is 1.87. The van der Waals surface area contributed by atoms with Crippen molar-refractivity contribution in [1.29, 1.82) is 0 Å². The summed E-state index contributed by atoms with van der Waals surface area (Å²) in [6.07, 6.45) is 1.12. The third kappa shape index (κ3) is 4.64. The second-order valence-corrected chi connectivity index (χ2v) is 7.45. The first-order valence-electron chi connectivity index (χ1n) is 5.89. The van der Waals surface area contributed by atoms with Crippen molar-refractivity contribution in [3.63, 3.8) is 0 Å². The second kappa shape index (κ2) is 7.62. The van der Waals surface area contributed by atoms with Gasteiger partial charge in [0.1, 0.15) is 0 Å². The van der Waals surface area contributed by atoms with E-state index in [0.717, 1.165) is 26.1 Å². The third-order valence-corrected chi connectivity index (χ3v) is 6.22. The third-order valence-electron chi connectivity index (χ3n) is 2.96. The SMILES string of the molecule is CCC(C)N(C)CCNC(=O)c1cc(Br)c(Br)s1. The minimum absolute atomic E-state index is 0.0102. The number of rotatable bonds is 6. The van der Waals surface area contributed by atoms with Gasteiger partial charge in [0.15, 0.2) is 0 Å². The monoisotopic (exact) mass is 396 g/mol. The molecule has 1 aromatic rings. The molecular formula is C12H18Br2N2OS. The number of hydrogen-bond acceptors (Lipinski definition) is 3. The van der Waals surface area contributed by atoms with Crippen LogP contribution in [0.25, 0.3) is 0 Å². The van der Waals surface area contributed by atoms with E-state index < -0.39 is 0 Å². The maximum atomic E-state index is 11.9. The number of amides is 1. The predicted octanol–water partition coefficient (Wildman–Crippen LogP) is 3.73. The van der Waals surface area contributed by atoms with Crippen molar-refractivity contribution in [2.45, 2.75) is 26.3 Å². The summed E-state index contributed by atoms with van der Waals surface area (Å²) in [4.78, 5) is 14.8. The molecule has 0 aliphatic carbocycles. The molecule has 1 atom stereocenters. The Labute approximate surface area is 129 Å². The smallest absolute Gasteiger partial charge is 0.261 e. The number of hydrogen-bond donors (Lipinski definition) is 1. The molecule has 0 radical (unpaired) electrons. The van der Waals surface area contributed by atoms with Crippen molar-refractivity contribution in [2.24, 2.45) is 0 Å². The van der Waals surface area contributed by atoms with Crippen molar-refractivity contribution in [2.75, 3.05) is 20.1 Å². The average molecular weight is 398 g/mol. The van der Waals surface area contributed by atoms with Gasteiger partial charge in [-0.3, -0.25) is 4.79 Å². The van der Waals surface area contributed by atoms with Gasteiger partial charge in [-0.25, -0.2) is 0 Å². The first-order chi connectivity index (χ1) is 8.45. The molecule has 1 amide bonds. The van der Waals surface area contributed by atoms with Crippen molar-refractivity contribution >= 4 is 49.1 Å². The minimum Gasteiger partial charge on any atom is -0.350 e. The molecule has 1 rings (SSSR count). The molecule has 3 nitrogen and oxygen atoms in total. The molecule has 0 aromatic carbocycles. The number of carbonyl (C=O) groups is 1. The molecule has 0 aliphatic rings. The van der Waals surface area contributed by atoms with E-state index >= 15 is 0 Å². The first-order valence-corrected chi connectivity index (χ1v) is 8.29. The van der Waals surface area contributed by atoms with E-state index in [0.29, 0.717) is 12.6 Å². The van der Waals surface area contributed by atoms with Crippen molar-refractivity contribution in [3.8, 4) is 0 Å². The maximum absolute atomic E-state index is 11.9. The van der Waals surface area contributed by atoms with Crippen LogP contribution < -0.4 is 5.32 Å². The first kappa shape index (κ1) is 16.1. The Morgan fingerprint density at radius 1 is 1.56 bits per heavy atom. The number of nitrogens with zero attached hydrogens (tertiary/aromatic N) is 1. The van der Waals surface area contributed by atoms with E-state index in [1.54, 1.807) is 0 Å². The van der Waals surface area contributed by atoms with E-state index in [4.69, 9.17) is 0 Å². The fourth-order valence-corrected chi connectivity index (χ4v) is 3.38. The van der Waals surface area contributed by atoms with Crippen LogP contribution in [0.15, 0.2) is 14.3 Å². The molecule has 6 heteroatoms. The van der Waals surface area contributed by atoms with Gasteiger partial charge in [0.25, 0.3) is 5.91 Å². The molecule has 0 bridgehead atoms. The van der Waals surface area contributed by atoms with Crippen LogP contribution in [0, 0.1) is 0 Å². The zero-order chi connectivity index (χ0) is 13.7. The van der Waals surface area contributed by atoms with Crippen LogP contribution >= 0.6 is 43.2 Å². The Morgan fingerprint density at radius 2 is 2.22 bits per heavy atom. The van der Waals surface area contributed by atoms with Crippen molar-refractivity contribution in [1.82, 2.24) is 10.2 Å². The van der Waals surface area contributed by atoms with Gasteiger partial charge in [0.2, 0.25) is 0 Å². The predicted molar refractivity (Wildman–Crippen MR) is 84.4 cm³/mol. The van der Waals surface area contributed by atoms with Crippen molar-refractivity contribution < 1.29 is 4.79 Å². The molecule has 1 heterocycles. The Hall–Kier alpha value is 0.0900. The minimum atomic E-state index is -0.0102. The molecule has 0 fully saturated rings. The second-order valence-electron chi connectivity index (χ2n) is 4.23. The van der Waals surface area contributed by atoms with Crippen molar-refractivity contribution in [3.05, 3.63) is 19.2 Å². The number of nitrogens with one attached hydrogen (secondary N) is 1. The zero-order valence-corrected chi connectivity index (χ0v) is 14.8. The average Bonchev–Trinajstić information content (AvgIpc) is 2.68. The van der Waals surface area contributed by atoms with E-state index in [2.05, 4.69) is 63.0 Å². The van der Waals surface area contributed by atoms with Gasteiger partial charge < -0.3 is 10.2 Å². The van der Waals surface area contributed by atoms with Gasteiger partial charge in [0.05, 0.1) is 8.66 Å². The highest BCUT2D eigenvalue weighted by Gasteiger charge is 2.12. The molecule has 0 aliphatic heterocycles. The van der Waals surface area contributed by atoms with E-state index in [9.17, 15) is 4.79 Å². The van der Waals surface area contributed by atoms with Crippen LogP contribution in [0.3, 0.4) is 0 Å². The lowest BCUT2D eigenvalue weighted by Crippen LogP contribution is -2.36. The van der Waals surface area contributed by atoms with Crippen LogP contribution in [0.5, 0.6) is 0 Å². The van der Waals surface area contributed by atoms with E-state index in [1.165, 1.54) is 11.3 Å². The summed E-state index contributed by atoms with van der Waals surface area (Å²) in [5, 5.41) is 2.94. The molecule has 1 N–H and O–H groups in total. The van der Waals surface area contributed by atoms with Crippen LogP contribution in [0.4, 0.5) is 0 Å². The molecule has 1 aromatic heterocycles. The Kier molecular flexibility index (Phi) is 6.84. The lowest BCUT2D eigenvalue weighted by molar-refractivity contribution is 0.0951. The van der Waals surface area contributed by atoms with Crippen LogP contribution in [0.1, 0.15) is 29.9 Å². The molecule has 1 unspecified atom stereocenters. The molecule has 102 valence electrons. The zero-order valence-electron chi connectivity index (χ0n) is 10.8. The molecule has 0 saturated carbocycles. The van der Waals surface area contributed by atoms with E-state index in [-0.39, 0.29) is 5.91 Å². The van der Waals surface area contributed by atoms with Crippen LogP contribution in [-0.2, 0) is 0 Å². The highest BCUT2D eigenvalue weighted by atomic mass is 79.9. The molecule has 18 heavy (non-hydrogen) atoms. The van der Waals surface area contributed by atoms with Crippen LogP contribution in [-0.4, -0.2) is 37.0 Å². The van der Waals surface area contributed by atoms with E-state index in [1.807, 2.05) is 6.07 Å². The largest absolute Gasteiger partial charge is 0.350 e. The quantitative estimate of drug-likeness (QED) is 0.792. The fourth-order valence-electron chi connectivity index (χ4n) is 1.42. The van der Waals surface area contributed by atoms with Gasteiger partial charge in [0, 0.05) is 23.6 Å². The Bertz CT molecular complexity index is 389. The normalized spacial score (nSPS) is 12.8. The standard InChI is InChI=1S/C12H18Br2N2OS/c1-4-8(2)16(3)6-5-15-12(17)10-7-9(13)11(14)18-10/h7-8H,4-6H2,1-3H3,(H,15,17). The summed E-state index contributed by atoms with van der Waals surface area (Å²) in [7, 11) is 2.08. The number of thiophene rings is 1. The Balaban J connectivity index is 2.38. The van der Waals surface area contributed by atoms with Gasteiger partial charge in [-0.1, -0.05) is 6.92 Å².